The highest BCUT2D eigenvalue weighted by Crippen LogP contribution is 2.55. The number of rotatable bonds is 2. The monoisotopic (exact) mass is 414 g/mol. The summed E-state index contributed by atoms with van der Waals surface area (Å²) in [5, 5.41) is 20.6. The molecule has 30 heavy (non-hydrogen) atoms. The quantitative estimate of drug-likeness (QED) is 0.439. The van der Waals surface area contributed by atoms with Gasteiger partial charge < -0.3 is 0 Å². The van der Waals surface area contributed by atoms with Crippen molar-refractivity contribution in [2.45, 2.75) is 51.2 Å². The van der Waals surface area contributed by atoms with Crippen LogP contribution in [0.25, 0.3) is 26.4 Å². The first-order valence-electron chi connectivity index (χ1n) is 10.7. The molecule has 0 N–H and O–H groups in total. The van der Waals surface area contributed by atoms with Crippen LogP contribution in [0.2, 0.25) is 12.6 Å². The van der Waals surface area contributed by atoms with Gasteiger partial charge in [0.1, 0.15) is 5.01 Å². The van der Waals surface area contributed by atoms with E-state index < -0.39 is 0 Å². The molecule has 1 saturated carbocycles. The van der Waals surface area contributed by atoms with E-state index in [2.05, 4.69) is 42.5 Å². The predicted molar refractivity (Wildman–Crippen MR) is 120 cm³/mol. The Kier molecular flexibility index (Phi) is 3.88. The van der Waals surface area contributed by atoms with Gasteiger partial charge >= 0.3 is 0 Å². The van der Waals surface area contributed by atoms with E-state index in [1.54, 1.807) is 11.3 Å². The van der Waals surface area contributed by atoms with Crippen LogP contribution < -0.4 is 0 Å². The molecule has 3 aromatic heterocycles. The van der Waals surface area contributed by atoms with Gasteiger partial charge in [-0.2, -0.15) is 10.2 Å². The molecule has 0 radical (unpaired) electrons. The highest BCUT2D eigenvalue weighted by molar-refractivity contribution is 7.19. The van der Waals surface area contributed by atoms with Crippen molar-refractivity contribution >= 4 is 33.9 Å². The molecule has 8 heteroatoms. The number of benzene rings is 1. The SMILES string of the molecule is Cc1cc(-c2nn3cc(C4CCC5(CC4)CB(C#N)C5)nc3s2)cc2cn(C)nc12. The van der Waals surface area contributed by atoms with Crippen LogP contribution in [0.3, 0.4) is 0 Å². The van der Waals surface area contributed by atoms with Crippen molar-refractivity contribution in [2.75, 3.05) is 0 Å². The fourth-order valence-electron chi connectivity index (χ4n) is 5.59. The third kappa shape index (κ3) is 2.79. The second kappa shape index (κ2) is 6.42. The van der Waals surface area contributed by atoms with Crippen molar-refractivity contribution in [2.24, 2.45) is 12.5 Å². The first-order chi connectivity index (χ1) is 14.5. The van der Waals surface area contributed by atoms with Gasteiger partial charge in [-0.05, 0) is 55.7 Å². The summed E-state index contributed by atoms with van der Waals surface area (Å²) >= 11 is 1.66. The molecular weight excluding hydrogens is 391 g/mol. The lowest BCUT2D eigenvalue weighted by molar-refractivity contribution is 0.197. The van der Waals surface area contributed by atoms with Crippen LogP contribution in [0.5, 0.6) is 0 Å². The van der Waals surface area contributed by atoms with E-state index in [9.17, 15) is 0 Å². The van der Waals surface area contributed by atoms with Gasteiger partial charge in [0.25, 0.3) is 6.71 Å². The van der Waals surface area contributed by atoms with E-state index >= 15 is 0 Å². The standard InChI is InChI=1S/C22H23BN6S/c1-14-7-16(8-17-9-28(2)26-19(14)17)20-27-29-10-18(25-21(29)30-20)15-3-5-22(6-4-15)11-23(12-22)13-24/h7-10,15H,3-6,11-12H2,1-2H3. The Balaban J connectivity index is 1.24. The fourth-order valence-corrected chi connectivity index (χ4v) is 6.47. The first kappa shape index (κ1) is 18.1. The minimum atomic E-state index is 0.302. The topological polar surface area (TPSA) is 71.8 Å². The maximum absolute atomic E-state index is 9.09. The van der Waals surface area contributed by atoms with Crippen LogP contribution in [0, 0.1) is 23.6 Å². The van der Waals surface area contributed by atoms with Gasteiger partial charge in [0.2, 0.25) is 4.96 Å². The summed E-state index contributed by atoms with van der Waals surface area (Å²) in [5.41, 5.74) is 4.99. The number of hydrogen-bond acceptors (Lipinski definition) is 5. The van der Waals surface area contributed by atoms with Gasteiger partial charge in [-0.1, -0.05) is 24.0 Å². The molecule has 1 saturated heterocycles. The summed E-state index contributed by atoms with van der Waals surface area (Å²) < 4.78 is 3.82. The molecule has 2 aliphatic rings. The van der Waals surface area contributed by atoms with E-state index in [1.165, 1.54) is 36.9 Å². The van der Waals surface area contributed by atoms with Gasteiger partial charge in [0.05, 0.1) is 17.4 Å². The summed E-state index contributed by atoms with van der Waals surface area (Å²) in [4.78, 5) is 5.91. The van der Waals surface area contributed by atoms with Crippen LogP contribution in [-0.2, 0) is 7.05 Å². The summed E-state index contributed by atoms with van der Waals surface area (Å²) in [5.74, 6) is 2.97. The fraction of sp³-hybridized carbons (Fsp3) is 0.455. The zero-order chi connectivity index (χ0) is 20.5. The molecular formula is C22H23BN6S. The molecule has 150 valence electrons. The summed E-state index contributed by atoms with van der Waals surface area (Å²) in [6.45, 7) is 2.41. The number of aromatic nitrogens is 5. The van der Waals surface area contributed by atoms with Crippen molar-refractivity contribution in [3.05, 3.63) is 35.8 Å². The molecule has 0 bridgehead atoms. The molecule has 4 aromatic rings. The van der Waals surface area contributed by atoms with Crippen LogP contribution in [-0.4, -0.2) is 31.1 Å². The zero-order valence-electron chi connectivity index (χ0n) is 17.3. The number of nitrogens with zero attached hydrogens (tertiary/aromatic N) is 6. The smallest absolute Gasteiger partial charge is 0.268 e. The molecule has 1 aliphatic carbocycles. The van der Waals surface area contributed by atoms with Crippen LogP contribution in [0.4, 0.5) is 0 Å². The molecule has 0 atom stereocenters. The Bertz CT molecular complexity index is 1280. The Morgan fingerprint density at radius 2 is 2.00 bits per heavy atom. The number of hydrogen-bond donors (Lipinski definition) is 0. The minimum absolute atomic E-state index is 0.302. The van der Waals surface area contributed by atoms with Gasteiger partial charge in [-0.15, -0.1) is 0 Å². The molecule has 0 unspecified atom stereocenters. The molecule has 6 nitrogen and oxygen atoms in total. The summed E-state index contributed by atoms with van der Waals surface area (Å²) in [7, 11) is 1.96. The number of fused-ring (bicyclic) bond motifs is 2. The third-order valence-corrected chi connectivity index (χ3v) is 8.20. The van der Waals surface area contributed by atoms with E-state index in [4.69, 9.17) is 15.3 Å². The average molecular weight is 414 g/mol. The Morgan fingerprint density at radius 3 is 2.73 bits per heavy atom. The van der Waals surface area contributed by atoms with Crippen molar-refractivity contribution in [3.63, 3.8) is 0 Å². The molecule has 0 amide bonds. The number of imidazole rings is 1. The predicted octanol–water partition coefficient (Wildman–Crippen LogP) is 4.87. The molecule has 1 spiro atoms. The van der Waals surface area contributed by atoms with E-state index in [0.717, 1.165) is 39.1 Å². The van der Waals surface area contributed by atoms with Crippen LogP contribution in [0.1, 0.15) is 42.9 Å². The maximum atomic E-state index is 9.09. The Labute approximate surface area is 179 Å². The zero-order valence-corrected chi connectivity index (χ0v) is 18.1. The Morgan fingerprint density at radius 1 is 1.20 bits per heavy atom. The lowest BCUT2D eigenvalue weighted by Gasteiger charge is -2.48. The van der Waals surface area contributed by atoms with Crippen molar-refractivity contribution in [1.82, 2.24) is 24.4 Å². The highest BCUT2D eigenvalue weighted by Gasteiger charge is 2.48. The Hall–Kier alpha value is -2.66. The largest absolute Gasteiger partial charge is 0.275 e. The number of nitriles is 1. The first-order valence-corrected chi connectivity index (χ1v) is 11.5. The molecule has 4 heterocycles. The molecule has 1 aromatic carbocycles. The van der Waals surface area contributed by atoms with Gasteiger partial charge in [0.15, 0.2) is 0 Å². The average Bonchev–Trinajstić information content (AvgIpc) is 3.38. The van der Waals surface area contributed by atoms with Crippen molar-refractivity contribution in [3.8, 4) is 16.5 Å². The summed E-state index contributed by atoms with van der Waals surface area (Å²) in [6, 6.07) is 4.34. The minimum Gasteiger partial charge on any atom is -0.275 e. The lowest BCUT2D eigenvalue weighted by atomic mass is 9.25. The van der Waals surface area contributed by atoms with Gasteiger partial charge in [0, 0.05) is 36.1 Å². The second-order valence-corrected chi connectivity index (χ2v) is 10.3. The number of aryl methyl sites for hydroxylation is 2. The summed E-state index contributed by atoms with van der Waals surface area (Å²) in [6.07, 6.45) is 11.3. The lowest BCUT2D eigenvalue weighted by Crippen LogP contribution is -2.43. The van der Waals surface area contributed by atoms with Gasteiger partial charge in [-0.25, -0.2) is 14.8 Å². The maximum Gasteiger partial charge on any atom is 0.268 e. The van der Waals surface area contributed by atoms with E-state index in [1.807, 2.05) is 16.2 Å². The van der Waals surface area contributed by atoms with Crippen LogP contribution >= 0.6 is 11.3 Å². The third-order valence-electron chi connectivity index (χ3n) is 7.23. The van der Waals surface area contributed by atoms with Crippen molar-refractivity contribution < 1.29 is 0 Å². The van der Waals surface area contributed by atoms with Gasteiger partial charge in [-0.3, -0.25) is 4.68 Å². The normalized spacial score (nSPS) is 18.9. The van der Waals surface area contributed by atoms with E-state index in [0.29, 0.717) is 18.0 Å². The molecule has 1 aliphatic heterocycles. The van der Waals surface area contributed by atoms with E-state index in [-0.39, 0.29) is 0 Å². The second-order valence-electron chi connectivity index (χ2n) is 9.34. The van der Waals surface area contributed by atoms with Crippen molar-refractivity contribution in [1.29, 1.82) is 5.26 Å². The highest BCUT2D eigenvalue weighted by atomic mass is 32.1. The molecule has 2 fully saturated rings. The van der Waals surface area contributed by atoms with Crippen LogP contribution in [0.15, 0.2) is 24.5 Å². The molecule has 6 rings (SSSR count).